The van der Waals surface area contributed by atoms with Crippen LogP contribution in [0.4, 0.5) is 5.69 Å². The number of methoxy groups -OCH3 is 1. The minimum absolute atomic E-state index is 0.0620. The second kappa shape index (κ2) is 6.95. The average Bonchev–Trinajstić information content (AvgIpc) is 2.34. The number of nitrogens with two attached hydrogens (primary N) is 1. The predicted molar refractivity (Wildman–Crippen MR) is 62.5 cm³/mol. The number of rotatable bonds is 7. The Bertz CT molecular complexity index is 353. The summed E-state index contributed by atoms with van der Waals surface area (Å²) in [6.07, 6.45) is 0.446. The van der Waals surface area contributed by atoms with E-state index in [4.69, 9.17) is 15.2 Å². The highest BCUT2D eigenvalue weighted by molar-refractivity contribution is 5.33. The van der Waals surface area contributed by atoms with Crippen molar-refractivity contribution in [1.82, 2.24) is 0 Å². The van der Waals surface area contributed by atoms with Crippen molar-refractivity contribution in [2.75, 3.05) is 20.4 Å². The molecule has 6 heteroatoms. The zero-order valence-corrected chi connectivity index (χ0v) is 9.67. The van der Waals surface area contributed by atoms with Crippen LogP contribution in [0.5, 0.6) is 0 Å². The molecule has 0 aliphatic carbocycles. The molecule has 1 unspecified atom stereocenters. The Kier molecular flexibility index (Phi) is 5.55. The van der Waals surface area contributed by atoms with Crippen LogP contribution in [0.15, 0.2) is 24.3 Å². The summed E-state index contributed by atoms with van der Waals surface area (Å²) >= 11 is 0. The summed E-state index contributed by atoms with van der Waals surface area (Å²) in [4.78, 5) is 10.1. The van der Waals surface area contributed by atoms with E-state index in [1.54, 1.807) is 12.1 Å². The third-order valence-corrected chi connectivity index (χ3v) is 2.29. The molecule has 0 aliphatic rings. The lowest BCUT2D eigenvalue weighted by molar-refractivity contribution is -0.384. The lowest BCUT2D eigenvalue weighted by Crippen LogP contribution is -2.12. The van der Waals surface area contributed by atoms with Crippen molar-refractivity contribution >= 4 is 5.69 Å². The van der Waals surface area contributed by atoms with Crippen molar-refractivity contribution in [2.24, 2.45) is 5.73 Å². The van der Waals surface area contributed by atoms with Gasteiger partial charge in [-0.25, -0.2) is 0 Å². The summed E-state index contributed by atoms with van der Waals surface area (Å²) in [7, 11) is 1.54. The maximum Gasteiger partial charge on any atom is 0.269 e. The molecule has 94 valence electrons. The number of nitro benzene ring substituents is 1. The van der Waals surface area contributed by atoms with E-state index in [2.05, 4.69) is 0 Å². The lowest BCUT2D eigenvalue weighted by Gasteiger charge is -2.16. The molecule has 1 atom stereocenters. The first-order chi connectivity index (χ1) is 8.19. The minimum Gasteiger partial charge on any atom is -0.359 e. The second-order valence-corrected chi connectivity index (χ2v) is 3.49. The molecule has 0 fully saturated rings. The summed E-state index contributed by atoms with van der Waals surface area (Å²) in [5, 5.41) is 10.5. The van der Waals surface area contributed by atoms with Gasteiger partial charge in [0.15, 0.2) is 0 Å². The number of hydrogen-bond donors (Lipinski definition) is 1. The van der Waals surface area contributed by atoms with Crippen LogP contribution in [0.1, 0.15) is 18.1 Å². The molecular formula is C11H16N2O4. The first-order valence-electron chi connectivity index (χ1n) is 5.24. The van der Waals surface area contributed by atoms with Crippen molar-refractivity contribution in [3.05, 3.63) is 39.9 Å². The molecule has 0 heterocycles. The predicted octanol–water partition coefficient (Wildman–Crippen LogP) is 1.61. The first kappa shape index (κ1) is 13.6. The highest BCUT2D eigenvalue weighted by Crippen LogP contribution is 2.23. The molecule has 0 bridgehead atoms. The normalized spacial score (nSPS) is 12.4. The van der Waals surface area contributed by atoms with Gasteiger partial charge < -0.3 is 15.2 Å². The second-order valence-electron chi connectivity index (χ2n) is 3.49. The zero-order valence-electron chi connectivity index (χ0n) is 9.67. The van der Waals surface area contributed by atoms with Gasteiger partial charge >= 0.3 is 0 Å². The fourth-order valence-corrected chi connectivity index (χ4v) is 1.46. The van der Waals surface area contributed by atoms with Crippen LogP contribution in [-0.2, 0) is 9.47 Å². The molecule has 1 aromatic rings. The topological polar surface area (TPSA) is 87.6 Å². The van der Waals surface area contributed by atoms with Gasteiger partial charge in [0, 0.05) is 19.2 Å². The highest BCUT2D eigenvalue weighted by Gasteiger charge is 2.13. The van der Waals surface area contributed by atoms with Crippen LogP contribution in [0.25, 0.3) is 0 Å². The minimum atomic E-state index is -0.433. The Morgan fingerprint density at radius 2 is 2.06 bits per heavy atom. The van der Waals surface area contributed by atoms with Gasteiger partial charge in [-0.1, -0.05) is 0 Å². The Morgan fingerprint density at radius 1 is 1.41 bits per heavy atom. The number of nitro groups is 1. The van der Waals surface area contributed by atoms with Crippen LogP contribution in [-0.4, -0.2) is 25.4 Å². The molecular weight excluding hydrogens is 224 g/mol. The number of hydrogen-bond acceptors (Lipinski definition) is 5. The number of nitrogens with zero attached hydrogens (tertiary/aromatic N) is 1. The van der Waals surface area contributed by atoms with E-state index in [0.29, 0.717) is 13.0 Å². The molecule has 6 nitrogen and oxygen atoms in total. The maximum atomic E-state index is 10.5. The molecule has 0 spiro atoms. The van der Waals surface area contributed by atoms with Crippen LogP contribution in [0.3, 0.4) is 0 Å². The van der Waals surface area contributed by atoms with E-state index >= 15 is 0 Å². The molecule has 0 saturated heterocycles. The molecule has 17 heavy (non-hydrogen) atoms. The van der Waals surface area contributed by atoms with E-state index in [0.717, 1.165) is 5.56 Å². The molecule has 2 N–H and O–H groups in total. The number of ether oxygens (including phenoxy) is 2. The summed E-state index contributed by atoms with van der Waals surface area (Å²) in [6, 6.07) is 6.26. The third kappa shape index (κ3) is 4.10. The van der Waals surface area contributed by atoms with Gasteiger partial charge in [0.1, 0.15) is 6.79 Å². The monoisotopic (exact) mass is 240 g/mol. The van der Waals surface area contributed by atoms with Gasteiger partial charge in [-0.2, -0.15) is 0 Å². The van der Waals surface area contributed by atoms with E-state index < -0.39 is 4.92 Å². The van der Waals surface area contributed by atoms with Gasteiger partial charge in [-0.3, -0.25) is 10.1 Å². The Labute approximate surface area is 99.5 Å². The van der Waals surface area contributed by atoms with Crippen molar-refractivity contribution in [2.45, 2.75) is 12.5 Å². The van der Waals surface area contributed by atoms with Crippen molar-refractivity contribution in [3.8, 4) is 0 Å². The quantitative estimate of drug-likeness (QED) is 0.444. The maximum absolute atomic E-state index is 10.5. The average molecular weight is 240 g/mol. The summed E-state index contributed by atoms with van der Waals surface area (Å²) in [5.74, 6) is 0. The van der Waals surface area contributed by atoms with Crippen LogP contribution in [0.2, 0.25) is 0 Å². The fraction of sp³-hybridized carbons (Fsp3) is 0.455. The van der Waals surface area contributed by atoms with Gasteiger partial charge in [0.2, 0.25) is 0 Å². The SMILES string of the molecule is COCOC(CCN)c1ccc([N+](=O)[O-])cc1. The summed E-state index contributed by atoms with van der Waals surface area (Å²) in [5.41, 5.74) is 6.41. The lowest BCUT2D eigenvalue weighted by atomic mass is 10.1. The number of benzene rings is 1. The van der Waals surface area contributed by atoms with E-state index in [-0.39, 0.29) is 18.6 Å². The zero-order chi connectivity index (χ0) is 12.7. The van der Waals surface area contributed by atoms with Gasteiger partial charge in [0.25, 0.3) is 5.69 Å². The number of non-ortho nitro benzene ring substituents is 1. The molecule has 0 saturated carbocycles. The standard InChI is InChI=1S/C11H16N2O4/c1-16-8-17-11(6-7-12)9-2-4-10(5-3-9)13(14)15/h2-5,11H,6-8,12H2,1H3. The van der Waals surface area contributed by atoms with E-state index in [9.17, 15) is 10.1 Å². The van der Waals surface area contributed by atoms with Crippen LogP contribution in [0, 0.1) is 10.1 Å². The molecule has 1 rings (SSSR count). The van der Waals surface area contributed by atoms with Crippen LogP contribution >= 0.6 is 0 Å². The molecule has 0 aromatic heterocycles. The largest absolute Gasteiger partial charge is 0.359 e. The molecule has 1 aromatic carbocycles. The van der Waals surface area contributed by atoms with Gasteiger partial charge in [-0.15, -0.1) is 0 Å². The Hall–Kier alpha value is -1.50. The van der Waals surface area contributed by atoms with Crippen molar-refractivity contribution in [1.29, 1.82) is 0 Å². The third-order valence-electron chi connectivity index (χ3n) is 2.29. The van der Waals surface area contributed by atoms with Crippen molar-refractivity contribution in [3.63, 3.8) is 0 Å². The van der Waals surface area contributed by atoms with Gasteiger partial charge in [0.05, 0.1) is 11.0 Å². The first-order valence-corrected chi connectivity index (χ1v) is 5.24. The summed E-state index contributed by atoms with van der Waals surface area (Å²) < 4.78 is 10.3. The van der Waals surface area contributed by atoms with Crippen LogP contribution < -0.4 is 5.73 Å². The smallest absolute Gasteiger partial charge is 0.269 e. The van der Waals surface area contributed by atoms with E-state index in [1.165, 1.54) is 19.2 Å². The Morgan fingerprint density at radius 3 is 2.53 bits per heavy atom. The Balaban J connectivity index is 2.75. The van der Waals surface area contributed by atoms with Crippen molar-refractivity contribution < 1.29 is 14.4 Å². The van der Waals surface area contributed by atoms with E-state index in [1.807, 2.05) is 0 Å². The fourth-order valence-electron chi connectivity index (χ4n) is 1.46. The molecule has 0 amide bonds. The molecule has 0 aliphatic heterocycles. The van der Waals surface area contributed by atoms with Gasteiger partial charge in [-0.05, 0) is 30.7 Å². The highest BCUT2D eigenvalue weighted by atomic mass is 16.7. The molecule has 0 radical (unpaired) electrons. The summed E-state index contributed by atoms with van der Waals surface area (Å²) in [6.45, 7) is 0.646.